The largest absolute Gasteiger partial charge is 0.508 e. The lowest BCUT2D eigenvalue weighted by Gasteiger charge is -2.26. The van der Waals surface area contributed by atoms with Crippen LogP contribution in [0.2, 0.25) is 0 Å². The Morgan fingerprint density at radius 1 is 1.00 bits per heavy atom. The molecule has 0 fully saturated rings. The van der Waals surface area contributed by atoms with E-state index in [0.29, 0.717) is 5.75 Å². The summed E-state index contributed by atoms with van der Waals surface area (Å²) in [5.41, 5.74) is 2.04. The molecule has 0 radical (unpaired) electrons. The average molecular weight is 340 g/mol. The van der Waals surface area contributed by atoms with Crippen LogP contribution in [-0.2, 0) is 10.2 Å². The predicted molar refractivity (Wildman–Crippen MR) is 97.8 cm³/mol. The first kappa shape index (κ1) is 18.9. The van der Waals surface area contributed by atoms with E-state index in [1.54, 1.807) is 12.1 Å². The zero-order chi connectivity index (χ0) is 18.3. The summed E-state index contributed by atoms with van der Waals surface area (Å²) in [5.74, 6) is 3.28. The van der Waals surface area contributed by atoms with E-state index >= 15 is 0 Å². The zero-order valence-electron chi connectivity index (χ0n) is 14.6. The standard InChI is InChI=1S/C21H24O4/c1-4-13-24-14-19(23)15-25-20-11-7-17(8-12-20)21(2,3)16-5-9-18(22)10-6-16/h1,5-12,19,22-23H,13-15H2,2-3H3. The summed E-state index contributed by atoms with van der Waals surface area (Å²) in [6, 6.07) is 15.0. The second kappa shape index (κ2) is 8.57. The molecule has 0 heterocycles. The fraction of sp³-hybridized carbons (Fsp3) is 0.333. The topological polar surface area (TPSA) is 58.9 Å². The number of phenols is 1. The van der Waals surface area contributed by atoms with Gasteiger partial charge in [-0.3, -0.25) is 0 Å². The lowest BCUT2D eigenvalue weighted by atomic mass is 9.78. The highest BCUT2D eigenvalue weighted by molar-refractivity contribution is 5.41. The van der Waals surface area contributed by atoms with Gasteiger partial charge in [0, 0.05) is 5.41 Å². The van der Waals surface area contributed by atoms with Crippen LogP contribution < -0.4 is 4.74 Å². The third-order valence-electron chi connectivity index (χ3n) is 4.10. The summed E-state index contributed by atoms with van der Waals surface area (Å²) >= 11 is 0. The highest BCUT2D eigenvalue weighted by Crippen LogP contribution is 2.33. The number of terminal acetylenes is 1. The van der Waals surface area contributed by atoms with E-state index in [4.69, 9.17) is 15.9 Å². The van der Waals surface area contributed by atoms with Gasteiger partial charge in [0.05, 0.1) is 6.61 Å². The number of phenolic OH excluding ortho intramolecular Hbond substituents is 1. The van der Waals surface area contributed by atoms with E-state index in [0.717, 1.165) is 11.1 Å². The third-order valence-corrected chi connectivity index (χ3v) is 4.10. The molecule has 0 aliphatic rings. The van der Waals surface area contributed by atoms with Crippen molar-refractivity contribution in [1.29, 1.82) is 0 Å². The quantitative estimate of drug-likeness (QED) is 0.573. The molecule has 25 heavy (non-hydrogen) atoms. The van der Waals surface area contributed by atoms with Crippen LogP contribution in [0.3, 0.4) is 0 Å². The molecule has 0 aliphatic heterocycles. The van der Waals surface area contributed by atoms with Crippen molar-refractivity contribution in [2.75, 3.05) is 19.8 Å². The van der Waals surface area contributed by atoms with Gasteiger partial charge < -0.3 is 19.7 Å². The van der Waals surface area contributed by atoms with Crippen LogP contribution in [0.5, 0.6) is 11.5 Å². The molecular formula is C21H24O4. The molecule has 4 nitrogen and oxygen atoms in total. The number of rotatable bonds is 8. The molecule has 0 aliphatic carbocycles. The van der Waals surface area contributed by atoms with Crippen LogP contribution in [0.25, 0.3) is 0 Å². The van der Waals surface area contributed by atoms with Gasteiger partial charge in [0.2, 0.25) is 0 Å². The molecule has 0 saturated carbocycles. The number of hydrogen-bond acceptors (Lipinski definition) is 4. The number of hydrogen-bond donors (Lipinski definition) is 2. The van der Waals surface area contributed by atoms with Gasteiger partial charge in [0.1, 0.15) is 30.8 Å². The number of aliphatic hydroxyl groups excluding tert-OH is 1. The Bertz CT molecular complexity index is 696. The zero-order valence-corrected chi connectivity index (χ0v) is 14.6. The van der Waals surface area contributed by atoms with Gasteiger partial charge in [-0.15, -0.1) is 6.42 Å². The lowest BCUT2D eigenvalue weighted by Crippen LogP contribution is -2.23. The summed E-state index contributed by atoms with van der Waals surface area (Å²) in [6.07, 6.45) is 4.36. The average Bonchev–Trinajstić information content (AvgIpc) is 2.61. The molecule has 2 aromatic carbocycles. The van der Waals surface area contributed by atoms with Gasteiger partial charge in [0.25, 0.3) is 0 Å². The molecule has 1 atom stereocenters. The second-order valence-corrected chi connectivity index (χ2v) is 6.38. The van der Waals surface area contributed by atoms with Crippen molar-refractivity contribution in [3.05, 3.63) is 59.7 Å². The van der Waals surface area contributed by atoms with Gasteiger partial charge in [0.15, 0.2) is 0 Å². The minimum Gasteiger partial charge on any atom is -0.508 e. The van der Waals surface area contributed by atoms with E-state index in [9.17, 15) is 10.2 Å². The molecule has 0 bridgehead atoms. The number of benzene rings is 2. The maximum absolute atomic E-state index is 9.75. The van der Waals surface area contributed by atoms with Gasteiger partial charge in [-0.25, -0.2) is 0 Å². The summed E-state index contributed by atoms with van der Waals surface area (Å²) in [7, 11) is 0. The molecule has 4 heteroatoms. The first-order valence-electron chi connectivity index (χ1n) is 8.15. The maximum Gasteiger partial charge on any atom is 0.119 e. The molecule has 0 aromatic heterocycles. The first-order chi connectivity index (χ1) is 11.9. The Hall–Kier alpha value is -2.48. The first-order valence-corrected chi connectivity index (χ1v) is 8.15. The summed E-state index contributed by atoms with van der Waals surface area (Å²) in [4.78, 5) is 0. The monoisotopic (exact) mass is 340 g/mol. The molecule has 0 spiro atoms. The molecule has 1 unspecified atom stereocenters. The Kier molecular flexibility index (Phi) is 6.46. The van der Waals surface area contributed by atoms with E-state index in [1.807, 2.05) is 36.4 Å². The Balaban J connectivity index is 1.97. The molecule has 0 amide bonds. The third kappa shape index (κ3) is 5.25. The van der Waals surface area contributed by atoms with Crippen LogP contribution in [0.15, 0.2) is 48.5 Å². The van der Waals surface area contributed by atoms with Crippen molar-refractivity contribution in [2.24, 2.45) is 0 Å². The lowest BCUT2D eigenvalue weighted by molar-refractivity contribution is 0.0229. The molecule has 0 saturated heterocycles. The van der Waals surface area contributed by atoms with Crippen molar-refractivity contribution in [1.82, 2.24) is 0 Å². The Labute approximate surface area is 149 Å². The number of ether oxygens (including phenoxy) is 2. The Morgan fingerprint density at radius 3 is 2.12 bits per heavy atom. The van der Waals surface area contributed by atoms with Gasteiger partial charge >= 0.3 is 0 Å². The van der Waals surface area contributed by atoms with E-state index in [2.05, 4.69) is 19.8 Å². The fourth-order valence-corrected chi connectivity index (χ4v) is 2.51. The summed E-state index contributed by atoms with van der Waals surface area (Å²) in [5, 5.41) is 19.2. The smallest absolute Gasteiger partial charge is 0.119 e. The van der Waals surface area contributed by atoms with Crippen molar-refractivity contribution in [3.63, 3.8) is 0 Å². The molecular weight excluding hydrogens is 316 g/mol. The SMILES string of the molecule is C#CCOCC(O)COc1ccc(C(C)(C)c2ccc(O)cc2)cc1. The number of aliphatic hydroxyl groups is 1. The number of aromatic hydroxyl groups is 1. The van der Waals surface area contributed by atoms with Gasteiger partial charge in [-0.2, -0.15) is 0 Å². The highest BCUT2D eigenvalue weighted by Gasteiger charge is 2.23. The van der Waals surface area contributed by atoms with Crippen LogP contribution in [-0.4, -0.2) is 36.1 Å². The molecule has 132 valence electrons. The van der Waals surface area contributed by atoms with Crippen molar-refractivity contribution < 1.29 is 19.7 Å². The van der Waals surface area contributed by atoms with Gasteiger partial charge in [-0.05, 0) is 35.4 Å². The Morgan fingerprint density at radius 2 is 1.56 bits per heavy atom. The minimum atomic E-state index is -0.721. The molecule has 2 N–H and O–H groups in total. The summed E-state index contributed by atoms with van der Waals surface area (Å²) < 4.78 is 10.6. The van der Waals surface area contributed by atoms with Crippen molar-refractivity contribution >= 4 is 0 Å². The fourth-order valence-electron chi connectivity index (χ4n) is 2.51. The van der Waals surface area contributed by atoms with Gasteiger partial charge in [-0.1, -0.05) is 44.0 Å². The maximum atomic E-state index is 9.75. The van der Waals surface area contributed by atoms with E-state index < -0.39 is 6.10 Å². The second-order valence-electron chi connectivity index (χ2n) is 6.38. The van der Waals surface area contributed by atoms with Crippen LogP contribution in [0.1, 0.15) is 25.0 Å². The molecule has 2 aromatic rings. The van der Waals surface area contributed by atoms with Crippen LogP contribution in [0, 0.1) is 12.3 Å². The van der Waals surface area contributed by atoms with E-state index in [-0.39, 0.29) is 31.0 Å². The van der Waals surface area contributed by atoms with Crippen LogP contribution >= 0.6 is 0 Å². The predicted octanol–water partition coefficient (Wildman–Crippen LogP) is 3.11. The van der Waals surface area contributed by atoms with Crippen LogP contribution in [0.4, 0.5) is 0 Å². The minimum absolute atomic E-state index is 0.144. The van der Waals surface area contributed by atoms with Crippen molar-refractivity contribution in [3.8, 4) is 23.8 Å². The van der Waals surface area contributed by atoms with Crippen molar-refractivity contribution in [2.45, 2.75) is 25.4 Å². The normalized spacial score (nSPS) is 12.4. The summed E-state index contributed by atoms with van der Waals surface area (Å²) in [6.45, 7) is 4.73. The molecule has 2 rings (SSSR count). The van der Waals surface area contributed by atoms with E-state index in [1.165, 1.54) is 0 Å². The highest BCUT2D eigenvalue weighted by atomic mass is 16.5.